The first kappa shape index (κ1) is 14.4. The van der Waals surface area contributed by atoms with Gasteiger partial charge in [-0.3, -0.25) is 4.98 Å². The minimum Gasteiger partial charge on any atom is -0.328 e. The normalized spacial score (nSPS) is 20.4. The summed E-state index contributed by atoms with van der Waals surface area (Å²) < 4.78 is 39.1. The number of pyridine rings is 1. The minimum atomic E-state index is -3.64. The molecular weight excluding hydrogens is 269 g/mol. The Morgan fingerprint density at radius 3 is 2.58 bits per heavy atom. The highest BCUT2D eigenvalue weighted by molar-refractivity contribution is 7.89. The Morgan fingerprint density at radius 2 is 2.05 bits per heavy atom. The molecule has 1 aliphatic rings. The van der Waals surface area contributed by atoms with Crippen LogP contribution in [0.25, 0.3) is 0 Å². The highest BCUT2D eigenvalue weighted by atomic mass is 32.2. The van der Waals surface area contributed by atoms with Gasteiger partial charge in [0.2, 0.25) is 10.0 Å². The average molecular weight is 287 g/mol. The van der Waals surface area contributed by atoms with Crippen molar-refractivity contribution in [2.24, 2.45) is 11.7 Å². The molecule has 0 spiro atoms. The number of hydrogen-bond donors (Lipinski definition) is 1. The van der Waals surface area contributed by atoms with Gasteiger partial charge in [0.05, 0.1) is 6.20 Å². The van der Waals surface area contributed by atoms with E-state index in [2.05, 4.69) is 4.98 Å². The van der Waals surface area contributed by atoms with E-state index < -0.39 is 15.8 Å². The molecule has 2 rings (SSSR count). The zero-order chi connectivity index (χ0) is 14.0. The molecule has 5 nitrogen and oxygen atoms in total. The molecule has 1 fully saturated rings. The number of sulfonamides is 1. The van der Waals surface area contributed by atoms with Crippen LogP contribution in [0.4, 0.5) is 4.39 Å². The Kier molecular flexibility index (Phi) is 4.17. The van der Waals surface area contributed by atoms with E-state index in [0.717, 1.165) is 25.1 Å². The highest BCUT2D eigenvalue weighted by Crippen LogP contribution is 2.24. The molecule has 1 saturated heterocycles. The quantitative estimate of drug-likeness (QED) is 0.898. The molecule has 0 aromatic carbocycles. The van der Waals surface area contributed by atoms with Gasteiger partial charge in [-0.1, -0.05) is 0 Å². The summed E-state index contributed by atoms with van der Waals surface area (Å²) in [5.41, 5.74) is 5.83. The Labute approximate surface area is 112 Å². The van der Waals surface area contributed by atoms with Gasteiger partial charge in [-0.15, -0.1) is 0 Å². The molecule has 0 amide bonds. The summed E-state index contributed by atoms with van der Waals surface area (Å²) >= 11 is 0. The molecule has 19 heavy (non-hydrogen) atoms. The zero-order valence-corrected chi connectivity index (χ0v) is 11.6. The molecule has 1 aromatic heterocycles. The maximum absolute atomic E-state index is 13.1. The maximum atomic E-state index is 13.1. The van der Waals surface area contributed by atoms with E-state index in [4.69, 9.17) is 5.73 Å². The van der Waals surface area contributed by atoms with Gasteiger partial charge < -0.3 is 5.73 Å². The molecule has 1 aliphatic heterocycles. The van der Waals surface area contributed by atoms with Crippen LogP contribution in [0.15, 0.2) is 23.4 Å². The second-order valence-corrected chi connectivity index (χ2v) is 6.88. The van der Waals surface area contributed by atoms with Crippen molar-refractivity contribution in [2.75, 3.05) is 13.1 Å². The molecule has 0 radical (unpaired) electrons. The van der Waals surface area contributed by atoms with Gasteiger partial charge >= 0.3 is 0 Å². The van der Waals surface area contributed by atoms with E-state index in [1.54, 1.807) is 0 Å². The Balaban J connectivity index is 2.14. The first-order chi connectivity index (χ1) is 8.91. The van der Waals surface area contributed by atoms with Crippen LogP contribution in [0.2, 0.25) is 0 Å². The van der Waals surface area contributed by atoms with Gasteiger partial charge in [0.1, 0.15) is 10.7 Å². The van der Waals surface area contributed by atoms with Gasteiger partial charge in [-0.25, -0.2) is 12.8 Å². The van der Waals surface area contributed by atoms with E-state index in [1.165, 1.54) is 10.5 Å². The van der Waals surface area contributed by atoms with Crippen molar-refractivity contribution in [3.05, 3.63) is 24.3 Å². The van der Waals surface area contributed by atoms with Crippen LogP contribution in [0.1, 0.15) is 19.8 Å². The maximum Gasteiger partial charge on any atom is 0.244 e. The highest BCUT2D eigenvalue weighted by Gasteiger charge is 2.30. The minimum absolute atomic E-state index is 0.0701. The van der Waals surface area contributed by atoms with Crippen molar-refractivity contribution in [3.8, 4) is 0 Å². The second-order valence-electron chi connectivity index (χ2n) is 4.94. The first-order valence-corrected chi connectivity index (χ1v) is 7.71. The smallest absolute Gasteiger partial charge is 0.244 e. The van der Waals surface area contributed by atoms with E-state index in [1.807, 2.05) is 6.92 Å². The summed E-state index contributed by atoms with van der Waals surface area (Å²) in [6.07, 6.45) is 3.64. The molecule has 0 aliphatic carbocycles. The van der Waals surface area contributed by atoms with Gasteiger partial charge in [0.25, 0.3) is 0 Å². The predicted molar refractivity (Wildman–Crippen MR) is 69.3 cm³/mol. The molecule has 0 saturated carbocycles. The van der Waals surface area contributed by atoms with Crippen molar-refractivity contribution < 1.29 is 12.8 Å². The Hall–Kier alpha value is -1.05. The van der Waals surface area contributed by atoms with Crippen LogP contribution in [0, 0.1) is 11.7 Å². The first-order valence-electron chi connectivity index (χ1n) is 6.27. The summed E-state index contributed by atoms with van der Waals surface area (Å²) in [5, 5.41) is 0. The van der Waals surface area contributed by atoms with Crippen LogP contribution in [-0.4, -0.2) is 36.8 Å². The lowest BCUT2D eigenvalue weighted by molar-refractivity contribution is 0.250. The van der Waals surface area contributed by atoms with Crippen LogP contribution >= 0.6 is 0 Å². The number of rotatable bonds is 3. The van der Waals surface area contributed by atoms with E-state index in [-0.39, 0.29) is 10.9 Å². The summed E-state index contributed by atoms with van der Waals surface area (Å²) in [5.74, 6) is -0.302. The average Bonchev–Trinajstić information content (AvgIpc) is 2.39. The van der Waals surface area contributed by atoms with Crippen molar-refractivity contribution in [1.29, 1.82) is 0 Å². The summed E-state index contributed by atoms with van der Waals surface area (Å²) in [7, 11) is -3.64. The number of nitrogens with zero attached hydrogens (tertiary/aromatic N) is 2. The molecule has 7 heteroatoms. The summed E-state index contributed by atoms with van der Waals surface area (Å²) in [6, 6.07) is 1.07. The van der Waals surface area contributed by atoms with E-state index in [9.17, 15) is 12.8 Å². The fourth-order valence-corrected chi connectivity index (χ4v) is 3.77. The summed E-state index contributed by atoms with van der Waals surface area (Å²) in [4.78, 5) is 3.50. The Bertz CT molecular complexity index is 540. The van der Waals surface area contributed by atoms with Crippen molar-refractivity contribution >= 4 is 10.0 Å². The monoisotopic (exact) mass is 287 g/mol. The summed E-state index contributed by atoms with van der Waals surface area (Å²) in [6.45, 7) is 2.78. The van der Waals surface area contributed by atoms with Crippen molar-refractivity contribution in [1.82, 2.24) is 9.29 Å². The van der Waals surface area contributed by atoms with Crippen LogP contribution in [0.3, 0.4) is 0 Å². The van der Waals surface area contributed by atoms with Crippen LogP contribution < -0.4 is 5.73 Å². The fourth-order valence-electron chi connectivity index (χ4n) is 2.32. The van der Waals surface area contributed by atoms with Crippen LogP contribution in [0.5, 0.6) is 0 Å². The van der Waals surface area contributed by atoms with E-state index >= 15 is 0 Å². The standard InChI is InChI=1S/C12H18FN3O2S/c1-9(14)10-2-4-16(5-3-10)19(17,18)12-6-11(13)7-15-8-12/h6-10H,2-5,14H2,1H3/t9-/m1/s1. The predicted octanol–water partition coefficient (Wildman–Crippen LogP) is 0.969. The topological polar surface area (TPSA) is 76.3 Å². The molecule has 0 unspecified atom stereocenters. The van der Waals surface area contributed by atoms with Gasteiger partial charge in [-0.2, -0.15) is 4.31 Å². The number of nitrogens with two attached hydrogens (primary N) is 1. The lowest BCUT2D eigenvalue weighted by Gasteiger charge is -2.32. The number of halogens is 1. The van der Waals surface area contributed by atoms with E-state index in [0.29, 0.717) is 19.0 Å². The number of aromatic nitrogens is 1. The lowest BCUT2D eigenvalue weighted by Crippen LogP contribution is -2.42. The second kappa shape index (κ2) is 5.52. The molecule has 106 valence electrons. The third-order valence-corrected chi connectivity index (χ3v) is 5.42. The van der Waals surface area contributed by atoms with Crippen molar-refractivity contribution in [3.63, 3.8) is 0 Å². The molecule has 2 N–H and O–H groups in total. The third kappa shape index (κ3) is 3.10. The molecule has 1 aromatic rings. The molecule has 1 atom stereocenters. The number of piperidine rings is 1. The van der Waals surface area contributed by atoms with Gasteiger partial charge in [-0.05, 0) is 31.7 Å². The molecule has 2 heterocycles. The van der Waals surface area contributed by atoms with Gasteiger partial charge in [0, 0.05) is 25.3 Å². The SMILES string of the molecule is C[C@@H](N)C1CCN(S(=O)(=O)c2cncc(F)c2)CC1. The zero-order valence-electron chi connectivity index (χ0n) is 10.8. The third-order valence-electron chi connectivity index (χ3n) is 3.56. The lowest BCUT2D eigenvalue weighted by atomic mass is 9.92. The molecule has 0 bridgehead atoms. The van der Waals surface area contributed by atoms with Crippen molar-refractivity contribution in [2.45, 2.75) is 30.7 Å². The fraction of sp³-hybridized carbons (Fsp3) is 0.583. The van der Waals surface area contributed by atoms with Gasteiger partial charge in [0.15, 0.2) is 0 Å². The Morgan fingerprint density at radius 1 is 1.42 bits per heavy atom. The largest absolute Gasteiger partial charge is 0.328 e. The molecular formula is C12H18FN3O2S. The number of hydrogen-bond acceptors (Lipinski definition) is 4. The van der Waals surface area contributed by atoms with Crippen LogP contribution in [-0.2, 0) is 10.0 Å².